The van der Waals surface area contributed by atoms with Crippen molar-refractivity contribution < 1.29 is 9.18 Å². The molecular formula is C15H14FN3O. The molecule has 0 fully saturated rings. The Morgan fingerprint density at radius 2 is 1.95 bits per heavy atom. The Hall–Kier alpha value is -2.56. The van der Waals surface area contributed by atoms with E-state index in [1.807, 2.05) is 6.07 Å². The number of nitrogens with zero attached hydrogens (tertiary/aromatic N) is 1. The summed E-state index contributed by atoms with van der Waals surface area (Å²) in [7, 11) is 0. The van der Waals surface area contributed by atoms with Gasteiger partial charge >= 0.3 is 6.03 Å². The molecule has 0 radical (unpaired) electrons. The fraction of sp³-hybridized carbons (Fsp3) is 0.133. The largest absolute Gasteiger partial charge is 0.397 e. The zero-order valence-corrected chi connectivity index (χ0v) is 10.8. The first kappa shape index (κ1) is 12.5. The molecule has 3 rings (SSSR count). The molecule has 2 aromatic carbocycles. The monoisotopic (exact) mass is 271 g/mol. The van der Waals surface area contributed by atoms with Crippen LogP contribution in [0, 0.1) is 5.82 Å². The first-order valence-corrected chi connectivity index (χ1v) is 6.32. The van der Waals surface area contributed by atoms with E-state index in [-0.39, 0.29) is 18.4 Å². The number of fused-ring (bicyclic) bond motifs is 1. The van der Waals surface area contributed by atoms with E-state index < -0.39 is 0 Å². The second-order valence-corrected chi connectivity index (χ2v) is 4.75. The van der Waals surface area contributed by atoms with Gasteiger partial charge in [0.2, 0.25) is 0 Å². The number of benzene rings is 2. The van der Waals surface area contributed by atoms with Crippen molar-refractivity contribution in [3.8, 4) is 0 Å². The van der Waals surface area contributed by atoms with Crippen LogP contribution in [0.4, 0.5) is 20.6 Å². The first-order chi connectivity index (χ1) is 9.65. The Bertz CT molecular complexity index is 672. The Morgan fingerprint density at radius 3 is 2.70 bits per heavy atom. The zero-order chi connectivity index (χ0) is 14.1. The molecule has 0 aromatic heterocycles. The van der Waals surface area contributed by atoms with Crippen LogP contribution >= 0.6 is 0 Å². The number of nitrogen functional groups attached to an aromatic ring is 1. The van der Waals surface area contributed by atoms with Crippen molar-refractivity contribution in [1.82, 2.24) is 4.90 Å². The lowest BCUT2D eigenvalue weighted by Gasteiger charge is -2.17. The molecule has 0 bridgehead atoms. The van der Waals surface area contributed by atoms with Crippen molar-refractivity contribution in [2.45, 2.75) is 13.1 Å². The van der Waals surface area contributed by atoms with E-state index in [0.29, 0.717) is 23.5 Å². The van der Waals surface area contributed by atoms with E-state index in [4.69, 9.17) is 5.73 Å². The number of halogens is 1. The summed E-state index contributed by atoms with van der Waals surface area (Å²) in [5, 5.41) is 2.75. The maximum Gasteiger partial charge on any atom is 0.322 e. The lowest BCUT2D eigenvalue weighted by Crippen LogP contribution is -2.30. The van der Waals surface area contributed by atoms with E-state index in [2.05, 4.69) is 5.32 Å². The third kappa shape index (κ3) is 2.18. The Labute approximate surface area is 116 Å². The van der Waals surface area contributed by atoms with Crippen LogP contribution in [0.15, 0.2) is 42.5 Å². The summed E-state index contributed by atoms with van der Waals surface area (Å²) in [6.07, 6.45) is 0. The Balaban J connectivity index is 1.75. The third-order valence-corrected chi connectivity index (χ3v) is 3.42. The fourth-order valence-corrected chi connectivity index (χ4v) is 2.33. The highest BCUT2D eigenvalue weighted by Crippen LogP contribution is 2.26. The van der Waals surface area contributed by atoms with Crippen LogP contribution in [-0.4, -0.2) is 10.9 Å². The fourth-order valence-electron chi connectivity index (χ4n) is 2.33. The van der Waals surface area contributed by atoms with Gasteiger partial charge in [0, 0.05) is 12.1 Å². The van der Waals surface area contributed by atoms with Crippen LogP contribution in [0.25, 0.3) is 0 Å². The van der Waals surface area contributed by atoms with Gasteiger partial charge in [0.15, 0.2) is 0 Å². The van der Waals surface area contributed by atoms with Gasteiger partial charge in [-0.15, -0.1) is 0 Å². The summed E-state index contributed by atoms with van der Waals surface area (Å²) in [5.41, 5.74) is 8.28. The highest BCUT2D eigenvalue weighted by Gasteiger charge is 2.25. The van der Waals surface area contributed by atoms with Gasteiger partial charge in [-0.3, -0.25) is 0 Å². The molecule has 5 heteroatoms. The lowest BCUT2D eigenvalue weighted by atomic mass is 10.1. The molecule has 20 heavy (non-hydrogen) atoms. The van der Waals surface area contributed by atoms with Crippen LogP contribution in [0.1, 0.15) is 11.1 Å². The van der Waals surface area contributed by atoms with Gasteiger partial charge in [-0.2, -0.15) is 0 Å². The Morgan fingerprint density at radius 1 is 1.15 bits per heavy atom. The van der Waals surface area contributed by atoms with Crippen molar-refractivity contribution in [2.24, 2.45) is 0 Å². The van der Waals surface area contributed by atoms with Gasteiger partial charge in [-0.1, -0.05) is 24.3 Å². The number of nitrogens with two attached hydrogens (primary N) is 1. The second kappa shape index (κ2) is 4.85. The van der Waals surface area contributed by atoms with Crippen LogP contribution in [0.2, 0.25) is 0 Å². The third-order valence-electron chi connectivity index (χ3n) is 3.42. The molecule has 0 saturated carbocycles. The second-order valence-electron chi connectivity index (χ2n) is 4.75. The number of para-hydroxylation sites is 2. The van der Waals surface area contributed by atoms with E-state index in [1.165, 1.54) is 6.07 Å². The van der Waals surface area contributed by atoms with Crippen LogP contribution in [0.3, 0.4) is 0 Å². The van der Waals surface area contributed by atoms with Gasteiger partial charge in [-0.05, 0) is 23.8 Å². The number of hydrogen-bond acceptors (Lipinski definition) is 2. The van der Waals surface area contributed by atoms with Gasteiger partial charge < -0.3 is 16.0 Å². The molecule has 0 spiro atoms. The van der Waals surface area contributed by atoms with Crippen LogP contribution < -0.4 is 11.1 Å². The normalized spacial score (nSPS) is 13.2. The maximum atomic E-state index is 13.6. The van der Waals surface area contributed by atoms with Crippen molar-refractivity contribution >= 4 is 17.4 Å². The minimum atomic E-state index is -0.279. The predicted molar refractivity (Wildman–Crippen MR) is 75.5 cm³/mol. The number of nitrogens with one attached hydrogen (secondary N) is 1. The van der Waals surface area contributed by atoms with Gasteiger partial charge in [0.25, 0.3) is 0 Å². The van der Waals surface area contributed by atoms with Gasteiger partial charge in [0.1, 0.15) is 5.82 Å². The topological polar surface area (TPSA) is 58.4 Å². The summed E-state index contributed by atoms with van der Waals surface area (Å²) in [6.45, 7) is 0.687. The number of amides is 2. The van der Waals surface area contributed by atoms with Crippen LogP contribution in [0.5, 0.6) is 0 Å². The van der Waals surface area contributed by atoms with E-state index in [0.717, 1.165) is 5.56 Å². The summed E-state index contributed by atoms with van der Waals surface area (Å²) in [4.78, 5) is 13.7. The van der Waals surface area contributed by atoms with Crippen molar-refractivity contribution in [3.63, 3.8) is 0 Å². The molecule has 4 nitrogen and oxygen atoms in total. The van der Waals surface area contributed by atoms with Crippen LogP contribution in [-0.2, 0) is 13.1 Å². The van der Waals surface area contributed by atoms with Gasteiger partial charge in [-0.25, -0.2) is 9.18 Å². The molecule has 3 N–H and O–H groups in total. The SMILES string of the molecule is Nc1ccccc1NC(=O)N1Cc2cccc(F)c2C1. The molecule has 2 amide bonds. The summed E-state index contributed by atoms with van der Waals surface area (Å²) in [6, 6.07) is 11.7. The molecule has 1 heterocycles. The number of hydrogen-bond donors (Lipinski definition) is 2. The number of carbonyl (C=O) groups excluding carboxylic acids is 1. The number of carbonyl (C=O) groups is 1. The molecule has 2 aromatic rings. The molecule has 1 aliphatic rings. The van der Waals surface area contributed by atoms with E-state index >= 15 is 0 Å². The summed E-state index contributed by atoms with van der Waals surface area (Å²) in [5.74, 6) is -0.267. The molecule has 1 aliphatic heterocycles. The smallest absolute Gasteiger partial charge is 0.322 e. The lowest BCUT2D eigenvalue weighted by molar-refractivity contribution is 0.212. The quantitative estimate of drug-likeness (QED) is 0.783. The van der Waals surface area contributed by atoms with Gasteiger partial charge in [0.05, 0.1) is 17.9 Å². The van der Waals surface area contributed by atoms with E-state index in [9.17, 15) is 9.18 Å². The average Bonchev–Trinajstić information content (AvgIpc) is 2.87. The molecule has 0 aliphatic carbocycles. The molecule has 102 valence electrons. The maximum absolute atomic E-state index is 13.6. The highest BCUT2D eigenvalue weighted by atomic mass is 19.1. The zero-order valence-electron chi connectivity index (χ0n) is 10.8. The Kier molecular flexibility index (Phi) is 3.02. The molecule has 0 unspecified atom stereocenters. The standard InChI is InChI=1S/C15H14FN3O/c16-12-5-3-4-10-8-19(9-11(10)12)15(20)18-14-7-2-1-6-13(14)17/h1-7H,8-9,17H2,(H,18,20). The molecular weight excluding hydrogens is 257 g/mol. The first-order valence-electron chi connectivity index (χ1n) is 6.32. The highest BCUT2D eigenvalue weighted by molar-refractivity contribution is 5.92. The molecule has 0 atom stereocenters. The van der Waals surface area contributed by atoms with Crippen molar-refractivity contribution in [3.05, 3.63) is 59.4 Å². The molecule has 0 saturated heterocycles. The summed E-state index contributed by atoms with van der Waals surface area (Å²) >= 11 is 0. The average molecular weight is 271 g/mol. The predicted octanol–water partition coefficient (Wildman–Crippen LogP) is 2.96. The van der Waals surface area contributed by atoms with Crippen molar-refractivity contribution in [1.29, 1.82) is 0 Å². The minimum absolute atomic E-state index is 0.267. The summed E-state index contributed by atoms with van der Waals surface area (Å²) < 4.78 is 13.6. The number of anilines is 2. The minimum Gasteiger partial charge on any atom is -0.397 e. The van der Waals surface area contributed by atoms with Crippen molar-refractivity contribution in [2.75, 3.05) is 11.1 Å². The van der Waals surface area contributed by atoms with E-state index in [1.54, 1.807) is 35.2 Å². The number of rotatable bonds is 1. The number of urea groups is 1.